The minimum Gasteiger partial charge on any atom is -0.489 e. The van der Waals surface area contributed by atoms with E-state index in [0.717, 1.165) is 28.3 Å². The summed E-state index contributed by atoms with van der Waals surface area (Å²) in [6.07, 6.45) is 3.31. The van der Waals surface area contributed by atoms with Crippen molar-refractivity contribution in [3.63, 3.8) is 0 Å². The molecule has 2 heterocycles. The van der Waals surface area contributed by atoms with Gasteiger partial charge in [-0.2, -0.15) is 5.10 Å². The number of rotatable bonds is 6. The molecule has 4 rings (SSSR count). The molecule has 0 fully saturated rings. The van der Waals surface area contributed by atoms with Gasteiger partial charge in [0.1, 0.15) is 12.4 Å². The summed E-state index contributed by atoms with van der Waals surface area (Å²) >= 11 is 0. The van der Waals surface area contributed by atoms with Gasteiger partial charge in [0, 0.05) is 36.1 Å². The van der Waals surface area contributed by atoms with E-state index in [0.29, 0.717) is 23.8 Å². The van der Waals surface area contributed by atoms with Crippen LogP contribution in [0.25, 0.3) is 6.08 Å². The molecule has 3 aromatic rings. The zero-order chi connectivity index (χ0) is 21.1. The molecule has 7 heteroatoms. The minimum atomic E-state index is -0.202. The third kappa shape index (κ3) is 4.30. The van der Waals surface area contributed by atoms with Crippen LogP contribution in [-0.4, -0.2) is 22.5 Å². The highest BCUT2D eigenvalue weighted by Crippen LogP contribution is 2.35. The van der Waals surface area contributed by atoms with Crippen molar-refractivity contribution >= 4 is 17.7 Å². The van der Waals surface area contributed by atoms with E-state index in [4.69, 9.17) is 14.2 Å². The largest absolute Gasteiger partial charge is 0.489 e. The summed E-state index contributed by atoms with van der Waals surface area (Å²) in [7, 11) is 1.89. The lowest BCUT2D eigenvalue weighted by Gasteiger charge is -2.09. The van der Waals surface area contributed by atoms with Crippen molar-refractivity contribution in [2.24, 2.45) is 7.05 Å². The van der Waals surface area contributed by atoms with E-state index in [1.165, 1.54) is 6.08 Å². The van der Waals surface area contributed by atoms with Gasteiger partial charge in [-0.1, -0.05) is 12.1 Å². The zero-order valence-corrected chi connectivity index (χ0v) is 17.1. The van der Waals surface area contributed by atoms with Gasteiger partial charge in [-0.3, -0.25) is 9.48 Å². The number of carbonyl (C=O) groups excluding carboxylic acids is 1. The molecule has 1 aromatic heterocycles. The molecule has 0 bridgehead atoms. The van der Waals surface area contributed by atoms with E-state index in [9.17, 15) is 4.79 Å². The number of nitrogens with zero attached hydrogens (tertiary/aromatic N) is 2. The second-order valence-electron chi connectivity index (χ2n) is 7.03. The highest BCUT2D eigenvalue weighted by molar-refractivity contribution is 6.02. The normalized spacial score (nSPS) is 12.4. The van der Waals surface area contributed by atoms with Crippen molar-refractivity contribution < 1.29 is 19.0 Å². The predicted molar refractivity (Wildman–Crippen MR) is 114 cm³/mol. The molecule has 30 heavy (non-hydrogen) atoms. The summed E-state index contributed by atoms with van der Waals surface area (Å²) in [5, 5.41) is 7.24. The molecule has 0 spiro atoms. The second-order valence-corrected chi connectivity index (χ2v) is 7.03. The van der Waals surface area contributed by atoms with Crippen molar-refractivity contribution in [3.8, 4) is 17.2 Å². The van der Waals surface area contributed by atoms with Gasteiger partial charge >= 0.3 is 0 Å². The van der Waals surface area contributed by atoms with Crippen molar-refractivity contribution in [3.05, 3.63) is 71.1 Å². The predicted octanol–water partition coefficient (Wildman–Crippen LogP) is 4.00. The number of anilines is 1. The highest BCUT2D eigenvalue weighted by atomic mass is 16.7. The smallest absolute Gasteiger partial charge is 0.248 e. The Morgan fingerprint density at radius 2 is 2.03 bits per heavy atom. The molecule has 0 saturated heterocycles. The molecule has 1 N–H and O–H groups in total. The average molecular weight is 405 g/mol. The molecule has 1 aliphatic heterocycles. The van der Waals surface area contributed by atoms with Crippen LogP contribution < -0.4 is 19.5 Å². The quantitative estimate of drug-likeness (QED) is 0.628. The first kappa shape index (κ1) is 19.6. The number of aromatic nitrogens is 2. The highest BCUT2D eigenvalue weighted by Gasteiger charge is 2.13. The Balaban J connectivity index is 1.37. The van der Waals surface area contributed by atoms with Crippen LogP contribution in [-0.2, 0) is 18.4 Å². The van der Waals surface area contributed by atoms with E-state index in [1.54, 1.807) is 16.8 Å². The van der Waals surface area contributed by atoms with Crippen LogP contribution in [0.15, 0.2) is 48.5 Å². The fraction of sp³-hybridized carbons (Fsp3) is 0.217. The van der Waals surface area contributed by atoms with Crippen molar-refractivity contribution in [1.29, 1.82) is 0 Å². The van der Waals surface area contributed by atoms with Crippen LogP contribution in [0.5, 0.6) is 17.2 Å². The number of nitrogens with one attached hydrogen (secondary N) is 1. The Bertz CT molecular complexity index is 1120. The summed E-state index contributed by atoms with van der Waals surface area (Å²) in [5.41, 5.74) is 4.50. The molecule has 154 valence electrons. The van der Waals surface area contributed by atoms with Gasteiger partial charge in [0.15, 0.2) is 11.5 Å². The van der Waals surface area contributed by atoms with Gasteiger partial charge in [-0.15, -0.1) is 0 Å². The van der Waals surface area contributed by atoms with Crippen molar-refractivity contribution in [1.82, 2.24) is 9.78 Å². The Morgan fingerprint density at radius 1 is 1.20 bits per heavy atom. The number of amides is 1. The monoisotopic (exact) mass is 405 g/mol. The van der Waals surface area contributed by atoms with E-state index in [2.05, 4.69) is 10.4 Å². The molecule has 0 saturated carbocycles. The van der Waals surface area contributed by atoms with Gasteiger partial charge in [0.25, 0.3) is 0 Å². The molecule has 1 amide bonds. The number of hydrogen-bond donors (Lipinski definition) is 1. The number of hydrogen-bond acceptors (Lipinski definition) is 5. The third-order valence-electron chi connectivity index (χ3n) is 4.91. The van der Waals surface area contributed by atoms with Gasteiger partial charge in [-0.05, 0) is 49.8 Å². The van der Waals surface area contributed by atoms with Gasteiger partial charge < -0.3 is 19.5 Å². The lowest BCUT2D eigenvalue weighted by molar-refractivity contribution is -0.111. The standard InChI is InChI=1S/C23H23N3O4/c1-15-20(16(2)26(3)25-15)8-10-23(27)24-18-6-4-5-17(11-18)13-28-19-7-9-21-22(12-19)30-14-29-21/h4-12H,13-14H2,1-3H3,(H,24,27). The number of benzene rings is 2. The Morgan fingerprint density at radius 3 is 2.83 bits per heavy atom. The fourth-order valence-corrected chi connectivity index (χ4v) is 3.25. The molecule has 7 nitrogen and oxygen atoms in total. The fourth-order valence-electron chi connectivity index (χ4n) is 3.25. The lowest BCUT2D eigenvalue weighted by Crippen LogP contribution is -2.08. The summed E-state index contributed by atoms with van der Waals surface area (Å²) in [5.74, 6) is 1.89. The van der Waals surface area contributed by atoms with Gasteiger partial charge in [0.05, 0.1) is 5.69 Å². The van der Waals surface area contributed by atoms with Crippen LogP contribution in [0.3, 0.4) is 0 Å². The molecular weight excluding hydrogens is 382 g/mol. The lowest BCUT2D eigenvalue weighted by atomic mass is 10.2. The third-order valence-corrected chi connectivity index (χ3v) is 4.91. The maximum Gasteiger partial charge on any atom is 0.248 e. The van der Waals surface area contributed by atoms with Crippen LogP contribution in [0.1, 0.15) is 22.5 Å². The average Bonchev–Trinajstić information content (AvgIpc) is 3.29. The summed E-state index contributed by atoms with van der Waals surface area (Å²) < 4.78 is 18.3. The zero-order valence-electron chi connectivity index (χ0n) is 17.1. The van der Waals surface area contributed by atoms with Crippen LogP contribution in [0, 0.1) is 13.8 Å². The summed E-state index contributed by atoms with van der Waals surface area (Å²) in [6.45, 7) is 4.50. The van der Waals surface area contributed by atoms with Crippen molar-refractivity contribution in [2.45, 2.75) is 20.5 Å². The molecule has 0 atom stereocenters. The number of carbonyl (C=O) groups is 1. The SMILES string of the molecule is Cc1nn(C)c(C)c1C=CC(=O)Nc1cccc(COc2ccc3c(c2)OCO3)c1. The van der Waals surface area contributed by atoms with E-state index < -0.39 is 0 Å². The van der Waals surface area contributed by atoms with Crippen molar-refractivity contribution in [2.75, 3.05) is 12.1 Å². The maximum absolute atomic E-state index is 12.3. The van der Waals surface area contributed by atoms with Crippen LogP contribution in [0.2, 0.25) is 0 Å². The van der Waals surface area contributed by atoms with E-state index >= 15 is 0 Å². The minimum absolute atomic E-state index is 0.202. The second kappa shape index (κ2) is 8.32. The molecular formula is C23H23N3O4. The molecule has 1 aliphatic rings. The molecule has 0 unspecified atom stereocenters. The summed E-state index contributed by atoms with van der Waals surface area (Å²) in [6, 6.07) is 13.0. The van der Waals surface area contributed by atoms with Crippen LogP contribution in [0.4, 0.5) is 5.69 Å². The number of ether oxygens (including phenoxy) is 3. The first-order chi connectivity index (χ1) is 14.5. The van der Waals surface area contributed by atoms with Crippen LogP contribution >= 0.6 is 0 Å². The number of aryl methyl sites for hydroxylation is 2. The first-order valence-corrected chi connectivity index (χ1v) is 9.60. The van der Waals surface area contributed by atoms with E-state index in [1.807, 2.05) is 57.3 Å². The summed E-state index contributed by atoms with van der Waals surface area (Å²) in [4.78, 5) is 12.3. The van der Waals surface area contributed by atoms with E-state index in [-0.39, 0.29) is 12.7 Å². The topological polar surface area (TPSA) is 74.6 Å². The maximum atomic E-state index is 12.3. The Kier molecular flexibility index (Phi) is 5.43. The van der Waals surface area contributed by atoms with Gasteiger partial charge in [0.2, 0.25) is 12.7 Å². The Hall–Kier alpha value is -3.74. The van der Waals surface area contributed by atoms with Gasteiger partial charge in [-0.25, -0.2) is 0 Å². The molecule has 0 aliphatic carbocycles. The molecule has 2 aromatic carbocycles. The number of fused-ring (bicyclic) bond motifs is 1. The Labute approximate surface area is 174 Å². The first-order valence-electron chi connectivity index (χ1n) is 9.60. The molecule has 0 radical (unpaired) electrons.